The summed E-state index contributed by atoms with van der Waals surface area (Å²) in [6.45, 7) is 5.16. The van der Waals surface area contributed by atoms with Crippen molar-refractivity contribution in [3.8, 4) is 0 Å². The van der Waals surface area contributed by atoms with Crippen LogP contribution < -0.4 is 5.32 Å². The van der Waals surface area contributed by atoms with Crippen LogP contribution in [0.3, 0.4) is 0 Å². The lowest BCUT2D eigenvalue weighted by atomic mass is 9.89. The fraction of sp³-hybridized carbons (Fsp3) is 0.538. The summed E-state index contributed by atoms with van der Waals surface area (Å²) in [6.07, 6.45) is 0. The van der Waals surface area contributed by atoms with E-state index >= 15 is 0 Å². The molecule has 0 spiro atoms. The molecule has 2 rings (SSSR count). The van der Waals surface area contributed by atoms with Gasteiger partial charge in [0, 0.05) is 36.2 Å². The molecule has 1 aromatic rings. The number of aliphatic hydroxyl groups excluding tert-OH is 1. The summed E-state index contributed by atoms with van der Waals surface area (Å²) >= 11 is 3.25. The first-order valence-electron chi connectivity index (χ1n) is 6.10. The quantitative estimate of drug-likeness (QED) is 0.891. The van der Waals surface area contributed by atoms with Crippen LogP contribution in [0.5, 0.6) is 0 Å². The molecular formula is C13H18BrFN2O. The first-order chi connectivity index (χ1) is 8.58. The van der Waals surface area contributed by atoms with E-state index in [2.05, 4.69) is 26.1 Å². The highest BCUT2D eigenvalue weighted by Gasteiger charge is 2.35. The number of piperazine rings is 1. The Balaban J connectivity index is 2.35. The Labute approximate surface area is 115 Å². The van der Waals surface area contributed by atoms with Crippen LogP contribution in [0.25, 0.3) is 0 Å². The Morgan fingerprint density at radius 3 is 2.67 bits per heavy atom. The fourth-order valence-electron chi connectivity index (χ4n) is 2.44. The van der Waals surface area contributed by atoms with Crippen molar-refractivity contribution >= 4 is 15.9 Å². The third kappa shape index (κ3) is 2.59. The minimum atomic E-state index is -0.660. The summed E-state index contributed by atoms with van der Waals surface area (Å²) in [4.78, 5) is 2.13. The SMILES string of the molecule is CC(CO)(c1ccc(Br)cc1F)N1CCNCC1. The Morgan fingerprint density at radius 2 is 2.11 bits per heavy atom. The maximum atomic E-state index is 14.1. The number of nitrogens with zero attached hydrogens (tertiary/aromatic N) is 1. The third-order valence-electron chi connectivity index (χ3n) is 3.63. The van der Waals surface area contributed by atoms with E-state index in [9.17, 15) is 9.50 Å². The van der Waals surface area contributed by atoms with Crippen LogP contribution in [0.15, 0.2) is 22.7 Å². The molecule has 18 heavy (non-hydrogen) atoms. The Bertz CT molecular complexity index is 423. The van der Waals surface area contributed by atoms with E-state index in [-0.39, 0.29) is 12.4 Å². The average molecular weight is 317 g/mol. The van der Waals surface area contributed by atoms with Crippen molar-refractivity contribution in [2.75, 3.05) is 32.8 Å². The molecule has 1 atom stereocenters. The Morgan fingerprint density at radius 1 is 1.44 bits per heavy atom. The molecule has 0 saturated carbocycles. The smallest absolute Gasteiger partial charge is 0.129 e. The highest BCUT2D eigenvalue weighted by Crippen LogP contribution is 2.31. The number of hydrogen-bond acceptors (Lipinski definition) is 3. The molecule has 1 saturated heterocycles. The van der Waals surface area contributed by atoms with Gasteiger partial charge in [0.25, 0.3) is 0 Å². The van der Waals surface area contributed by atoms with Gasteiger partial charge in [0.15, 0.2) is 0 Å². The molecule has 0 aliphatic carbocycles. The zero-order valence-electron chi connectivity index (χ0n) is 10.4. The minimum absolute atomic E-state index is 0.0917. The van der Waals surface area contributed by atoms with E-state index < -0.39 is 5.54 Å². The van der Waals surface area contributed by atoms with Gasteiger partial charge in [-0.25, -0.2) is 4.39 Å². The minimum Gasteiger partial charge on any atom is -0.394 e. The van der Waals surface area contributed by atoms with Gasteiger partial charge in [-0.2, -0.15) is 0 Å². The molecule has 0 bridgehead atoms. The van der Waals surface area contributed by atoms with Crippen LogP contribution in [-0.4, -0.2) is 42.8 Å². The van der Waals surface area contributed by atoms with E-state index in [1.807, 2.05) is 13.0 Å². The second-order valence-corrected chi connectivity index (χ2v) is 5.71. The van der Waals surface area contributed by atoms with Crippen molar-refractivity contribution in [3.63, 3.8) is 0 Å². The molecule has 1 aliphatic rings. The lowest BCUT2D eigenvalue weighted by Gasteiger charge is -2.43. The summed E-state index contributed by atoms with van der Waals surface area (Å²) in [7, 11) is 0. The van der Waals surface area contributed by atoms with E-state index in [1.165, 1.54) is 6.07 Å². The van der Waals surface area contributed by atoms with Crippen molar-refractivity contribution in [1.82, 2.24) is 10.2 Å². The van der Waals surface area contributed by atoms with Crippen LogP contribution >= 0.6 is 15.9 Å². The standard InChI is InChI=1S/C13H18BrFN2O/c1-13(9-18,17-6-4-16-5-7-17)11-3-2-10(14)8-12(11)15/h2-3,8,16,18H,4-7,9H2,1H3. The first kappa shape index (κ1) is 13.9. The van der Waals surface area contributed by atoms with E-state index in [4.69, 9.17) is 0 Å². The molecule has 0 amide bonds. The summed E-state index contributed by atoms with van der Waals surface area (Å²) < 4.78 is 14.8. The molecule has 1 heterocycles. The van der Waals surface area contributed by atoms with Gasteiger partial charge in [-0.15, -0.1) is 0 Å². The van der Waals surface area contributed by atoms with Crippen molar-refractivity contribution in [1.29, 1.82) is 0 Å². The highest BCUT2D eigenvalue weighted by molar-refractivity contribution is 9.10. The maximum absolute atomic E-state index is 14.1. The average Bonchev–Trinajstić information content (AvgIpc) is 2.39. The zero-order chi connectivity index (χ0) is 13.2. The summed E-state index contributed by atoms with van der Waals surface area (Å²) in [6, 6.07) is 5.01. The lowest BCUT2D eigenvalue weighted by molar-refractivity contribution is 0.0285. The predicted octanol–water partition coefficient (Wildman–Crippen LogP) is 1.70. The molecule has 0 radical (unpaired) electrons. The second kappa shape index (κ2) is 5.65. The number of rotatable bonds is 3. The van der Waals surface area contributed by atoms with Gasteiger partial charge in [0.2, 0.25) is 0 Å². The van der Waals surface area contributed by atoms with Gasteiger partial charge < -0.3 is 10.4 Å². The van der Waals surface area contributed by atoms with Crippen LogP contribution in [0, 0.1) is 5.82 Å². The van der Waals surface area contributed by atoms with Crippen molar-refractivity contribution in [3.05, 3.63) is 34.1 Å². The van der Waals surface area contributed by atoms with E-state index in [1.54, 1.807) is 6.07 Å². The third-order valence-corrected chi connectivity index (χ3v) is 4.13. The fourth-order valence-corrected chi connectivity index (χ4v) is 2.77. The predicted molar refractivity (Wildman–Crippen MR) is 73.0 cm³/mol. The number of benzene rings is 1. The largest absolute Gasteiger partial charge is 0.394 e. The van der Waals surface area contributed by atoms with Gasteiger partial charge in [0.05, 0.1) is 12.1 Å². The zero-order valence-corrected chi connectivity index (χ0v) is 12.0. The van der Waals surface area contributed by atoms with Crippen LogP contribution in [0.1, 0.15) is 12.5 Å². The molecule has 1 aliphatic heterocycles. The van der Waals surface area contributed by atoms with E-state index in [0.29, 0.717) is 10.0 Å². The lowest BCUT2D eigenvalue weighted by Crippen LogP contribution is -2.55. The monoisotopic (exact) mass is 316 g/mol. The molecular weight excluding hydrogens is 299 g/mol. The normalized spacial score (nSPS) is 20.7. The topological polar surface area (TPSA) is 35.5 Å². The van der Waals surface area contributed by atoms with Gasteiger partial charge >= 0.3 is 0 Å². The molecule has 1 unspecified atom stereocenters. The highest BCUT2D eigenvalue weighted by atomic mass is 79.9. The van der Waals surface area contributed by atoms with Crippen molar-refractivity contribution in [2.24, 2.45) is 0 Å². The molecule has 5 heteroatoms. The Hall–Kier alpha value is -0.490. The van der Waals surface area contributed by atoms with Crippen LogP contribution in [-0.2, 0) is 5.54 Å². The van der Waals surface area contributed by atoms with Gasteiger partial charge in [0.1, 0.15) is 5.82 Å². The number of halogens is 2. The summed E-state index contributed by atoms with van der Waals surface area (Å²) in [5.74, 6) is -0.278. The molecule has 0 aromatic heterocycles. The number of aliphatic hydroxyl groups is 1. The summed E-state index contributed by atoms with van der Waals surface area (Å²) in [5, 5.41) is 13.0. The molecule has 3 nitrogen and oxygen atoms in total. The van der Waals surface area contributed by atoms with Crippen LogP contribution in [0.4, 0.5) is 4.39 Å². The first-order valence-corrected chi connectivity index (χ1v) is 6.89. The number of hydrogen-bond donors (Lipinski definition) is 2. The van der Waals surface area contributed by atoms with Crippen molar-refractivity contribution < 1.29 is 9.50 Å². The van der Waals surface area contributed by atoms with Gasteiger partial charge in [-0.05, 0) is 19.1 Å². The van der Waals surface area contributed by atoms with Crippen LogP contribution in [0.2, 0.25) is 0 Å². The number of nitrogens with one attached hydrogen (secondary N) is 1. The van der Waals surface area contributed by atoms with Gasteiger partial charge in [-0.3, -0.25) is 4.90 Å². The van der Waals surface area contributed by atoms with E-state index in [0.717, 1.165) is 26.2 Å². The summed E-state index contributed by atoms with van der Waals surface area (Å²) in [5.41, 5.74) is -0.109. The molecule has 2 N–H and O–H groups in total. The molecule has 1 fully saturated rings. The Kier molecular flexibility index (Phi) is 4.37. The van der Waals surface area contributed by atoms with Gasteiger partial charge in [-0.1, -0.05) is 22.0 Å². The molecule has 100 valence electrons. The maximum Gasteiger partial charge on any atom is 0.129 e. The molecule has 1 aromatic carbocycles. The second-order valence-electron chi connectivity index (χ2n) is 4.79. The van der Waals surface area contributed by atoms with Crippen molar-refractivity contribution in [2.45, 2.75) is 12.5 Å².